The Balaban J connectivity index is 1.70. The highest BCUT2D eigenvalue weighted by atomic mass is 35.5. The van der Waals surface area contributed by atoms with Gasteiger partial charge in [0.25, 0.3) is 5.91 Å². The molecular weight excluding hydrogens is 402 g/mol. The van der Waals surface area contributed by atoms with Crippen molar-refractivity contribution in [2.75, 3.05) is 11.4 Å². The quantitative estimate of drug-likeness (QED) is 0.532. The third-order valence-corrected chi connectivity index (χ3v) is 5.06. The number of aryl methyl sites for hydroxylation is 1. The Bertz CT molecular complexity index is 1060. The van der Waals surface area contributed by atoms with Crippen LogP contribution in [0.3, 0.4) is 0 Å². The van der Waals surface area contributed by atoms with Gasteiger partial charge in [-0.1, -0.05) is 29.3 Å². The lowest BCUT2D eigenvalue weighted by molar-refractivity contribution is 0.0982. The molecule has 0 N–H and O–H groups in total. The average Bonchev–Trinajstić information content (AvgIpc) is 2.70. The molecule has 0 spiro atoms. The summed E-state index contributed by atoms with van der Waals surface area (Å²) in [6.45, 7) is 0.488. The largest absolute Gasteiger partial charge is 0.437 e. The summed E-state index contributed by atoms with van der Waals surface area (Å²) in [6.07, 6.45) is 3.11. The lowest BCUT2D eigenvalue weighted by atomic mass is 10.0. The Kier molecular flexibility index (Phi) is 5.20. The third kappa shape index (κ3) is 3.68. The monoisotopic (exact) mass is 416 g/mol. The Morgan fingerprint density at radius 2 is 2.00 bits per heavy atom. The standard InChI is InChI=1S/C21H15Cl2FN2O2/c22-14-6-8-17(23)19(11-14)28-20-16(4-1-9-25-20)21(27)26-10-2-3-13-5-7-15(24)12-18(13)26/h1,4-9,11-12H,2-3,10H2. The predicted molar refractivity (Wildman–Crippen MR) is 107 cm³/mol. The van der Waals surface area contributed by atoms with Gasteiger partial charge < -0.3 is 9.64 Å². The van der Waals surface area contributed by atoms with E-state index in [2.05, 4.69) is 4.98 Å². The summed E-state index contributed by atoms with van der Waals surface area (Å²) >= 11 is 12.2. The van der Waals surface area contributed by atoms with E-state index in [1.54, 1.807) is 41.3 Å². The van der Waals surface area contributed by atoms with Gasteiger partial charge in [0.05, 0.1) is 10.7 Å². The van der Waals surface area contributed by atoms with Crippen LogP contribution < -0.4 is 9.64 Å². The fourth-order valence-corrected chi connectivity index (χ4v) is 3.52. The van der Waals surface area contributed by atoms with Crippen molar-refractivity contribution in [3.05, 3.63) is 81.7 Å². The summed E-state index contributed by atoms with van der Waals surface area (Å²) in [6, 6.07) is 12.6. The molecule has 4 rings (SSSR count). The van der Waals surface area contributed by atoms with Crippen LogP contribution in [0.25, 0.3) is 0 Å². The van der Waals surface area contributed by atoms with Crippen LogP contribution in [0.1, 0.15) is 22.3 Å². The van der Waals surface area contributed by atoms with Gasteiger partial charge in [-0.05, 0) is 54.8 Å². The molecule has 0 saturated heterocycles. The molecule has 2 heterocycles. The Morgan fingerprint density at radius 3 is 2.86 bits per heavy atom. The van der Waals surface area contributed by atoms with E-state index < -0.39 is 0 Å². The minimum atomic E-state index is -0.383. The number of halogens is 3. The van der Waals surface area contributed by atoms with Gasteiger partial charge in [0, 0.05) is 23.8 Å². The van der Waals surface area contributed by atoms with Crippen LogP contribution in [-0.4, -0.2) is 17.4 Å². The van der Waals surface area contributed by atoms with E-state index in [-0.39, 0.29) is 23.2 Å². The molecule has 2 aromatic carbocycles. The first-order chi connectivity index (χ1) is 13.5. The minimum absolute atomic E-state index is 0.111. The van der Waals surface area contributed by atoms with Gasteiger partial charge in [-0.3, -0.25) is 4.79 Å². The maximum atomic E-state index is 13.8. The fourth-order valence-electron chi connectivity index (χ4n) is 3.20. The number of aromatic nitrogens is 1. The number of carbonyl (C=O) groups excluding carboxylic acids is 1. The number of fused-ring (bicyclic) bond motifs is 1. The molecule has 4 nitrogen and oxygen atoms in total. The van der Waals surface area contributed by atoms with Crippen molar-refractivity contribution in [2.24, 2.45) is 0 Å². The van der Waals surface area contributed by atoms with E-state index in [1.807, 2.05) is 0 Å². The highest BCUT2D eigenvalue weighted by Gasteiger charge is 2.27. The van der Waals surface area contributed by atoms with Gasteiger partial charge in [0.2, 0.25) is 5.88 Å². The van der Waals surface area contributed by atoms with E-state index in [1.165, 1.54) is 18.3 Å². The second-order valence-electron chi connectivity index (χ2n) is 6.37. The number of nitrogens with zero attached hydrogens (tertiary/aromatic N) is 2. The van der Waals surface area contributed by atoms with Crippen molar-refractivity contribution in [1.29, 1.82) is 0 Å². The number of hydrogen-bond acceptors (Lipinski definition) is 3. The molecule has 0 aliphatic carbocycles. The second-order valence-corrected chi connectivity index (χ2v) is 7.21. The molecular formula is C21H15Cl2FN2O2. The summed E-state index contributed by atoms with van der Waals surface area (Å²) in [5, 5.41) is 0.794. The smallest absolute Gasteiger partial charge is 0.263 e. The molecule has 1 aliphatic rings. The number of benzene rings is 2. The summed E-state index contributed by atoms with van der Waals surface area (Å²) in [4.78, 5) is 19.0. The molecule has 1 aliphatic heterocycles. The molecule has 0 bridgehead atoms. The van der Waals surface area contributed by atoms with Crippen molar-refractivity contribution in [3.8, 4) is 11.6 Å². The molecule has 0 radical (unpaired) electrons. The minimum Gasteiger partial charge on any atom is -0.437 e. The number of anilines is 1. The zero-order valence-corrected chi connectivity index (χ0v) is 16.2. The van der Waals surface area contributed by atoms with E-state index in [9.17, 15) is 9.18 Å². The second kappa shape index (κ2) is 7.78. The molecule has 0 unspecified atom stereocenters. The van der Waals surface area contributed by atoms with Crippen LogP contribution in [0.15, 0.2) is 54.7 Å². The molecule has 1 amide bonds. The van der Waals surface area contributed by atoms with Crippen LogP contribution in [-0.2, 0) is 6.42 Å². The first-order valence-corrected chi connectivity index (χ1v) is 9.47. The zero-order valence-electron chi connectivity index (χ0n) is 14.7. The predicted octanol–water partition coefficient (Wildman–Crippen LogP) is 5.91. The number of rotatable bonds is 3. The van der Waals surface area contributed by atoms with Gasteiger partial charge in [0.1, 0.15) is 17.1 Å². The Morgan fingerprint density at radius 1 is 1.14 bits per heavy atom. The molecule has 7 heteroatoms. The van der Waals surface area contributed by atoms with E-state index in [0.717, 1.165) is 18.4 Å². The topological polar surface area (TPSA) is 42.4 Å². The number of amides is 1. The fraction of sp³-hybridized carbons (Fsp3) is 0.143. The van der Waals surface area contributed by atoms with Gasteiger partial charge in [-0.25, -0.2) is 9.37 Å². The highest BCUT2D eigenvalue weighted by molar-refractivity contribution is 6.34. The van der Waals surface area contributed by atoms with E-state index >= 15 is 0 Å². The van der Waals surface area contributed by atoms with Gasteiger partial charge >= 0.3 is 0 Å². The van der Waals surface area contributed by atoms with Crippen LogP contribution >= 0.6 is 23.2 Å². The summed E-state index contributed by atoms with van der Waals surface area (Å²) in [5.74, 6) is -0.285. The number of pyridine rings is 1. The van der Waals surface area contributed by atoms with Crippen molar-refractivity contribution < 1.29 is 13.9 Å². The molecule has 1 aromatic heterocycles. The van der Waals surface area contributed by atoms with Crippen LogP contribution in [0, 0.1) is 5.82 Å². The van der Waals surface area contributed by atoms with Crippen molar-refractivity contribution >= 4 is 34.8 Å². The van der Waals surface area contributed by atoms with Crippen LogP contribution in [0.2, 0.25) is 10.0 Å². The number of hydrogen-bond donors (Lipinski definition) is 0. The summed E-state index contributed by atoms with van der Waals surface area (Å²) in [7, 11) is 0. The molecule has 28 heavy (non-hydrogen) atoms. The first kappa shape index (κ1) is 18.7. The lowest BCUT2D eigenvalue weighted by Gasteiger charge is -2.29. The Hall–Kier alpha value is -2.63. The van der Waals surface area contributed by atoms with Gasteiger partial charge in [0.15, 0.2) is 0 Å². The molecule has 0 fully saturated rings. The van der Waals surface area contributed by atoms with Crippen molar-refractivity contribution in [2.45, 2.75) is 12.8 Å². The van der Waals surface area contributed by atoms with Crippen LogP contribution in [0.5, 0.6) is 11.6 Å². The molecule has 142 valence electrons. The summed E-state index contributed by atoms with van der Waals surface area (Å²) in [5.41, 5.74) is 1.77. The van der Waals surface area contributed by atoms with E-state index in [4.69, 9.17) is 27.9 Å². The number of carbonyl (C=O) groups is 1. The highest BCUT2D eigenvalue weighted by Crippen LogP contribution is 2.34. The maximum absolute atomic E-state index is 13.8. The Labute approximate surface area is 171 Å². The zero-order chi connectivity index (χ0) is 19.7. The average molecular weight is 417 g/mol. The van der Waals surface area contributed by atoms with Gasteiger partial charge in [-0.2, -0.15) is 0 Å². The molecule has 0 atom stereocenters. The third-order valence-electron chi connectivity index (χ3n) is 4.51. The summed E-state index contributed by atoms with van der Waals surface area (Å²) < 4.78 is 19.6. The van der Waals surface area contributed by atoms with Crippen LogP contribution in [0.4, 0.5) is 10.1 Å². The van der Waals surface area contributed by atoms with E-state index in [0.29, 0.717) is 28.0 Å². The first-order valence-electron chi connectivity index (χ1n) is 8.71. The SMILES string of the molecule is O=C(c1cccnc1Oc1cc(Cl)ccc1Cl)N1CCCc2ccc(F)cc21. The van der Waals surface area contributed by atoms with Gasteiger partial charge in [-0.15, -0.1) is 0 Å². The van der Waals surface area contributed by atoms with Crippen molar-refractivity contribution in [1.82, 2.24) is 4.98 Å². The van der Waals surface area contributed by atoms with Crippen molar-refractivity contribution in [3.63, 3.8) is 0 Å². The lowest BCUT2D eigenvalue weighted by Crippen LogP contribution is -2.35. The maximum Gasteiger partial charge on any atom is 0.263 e. The normalized spacial score (nSPS) is 13.2. The molecule has 3 aromatic rings. The number of ether oxygens (including phenoxy) is 1. The molecule has 0 saturated carbocycles.